The molecule has 0 aromatic carbocycles. The van der Waals surface area contributed by atoms with Crippen LogP contribution in [0.2, 0.25) is 0 Å². The first kappa shape index (κ1) is 15.2. The van der Waals surface area contributed by atoms with Crippen molar-refractivity contribution in [3.63, 3.8) is 0 Å². The summed E-state index contributed by atoms with van der Waals surface area (Å²) in [6.07, 6.45) is 1.66. The van der Waals surface area contributed by atoms with E-state index in [1.807, 2.05) is 19.3 Å². The Labute approximate surface area is 138 Å². The zero-order chi connectivity index (χ0) is 15.0. The lowest BCUT2D eigenvalue weighted by Gasteiger charge is -2.10. The van der Waals surface area contributed by atoms with Crippen LogP contribution in [0.5, 0.6) is 0 Å². The number of aromatic amines is 1. The molecule has 0 fully saturated rings. The Balaban J connectivity index is 1.95. The summed E-state index contributed by atoms with van der Waals surface area (Å²) in [6, 6.07) is 0.00993. The molecule has 110 valence electrons. The maximum atomic E-state index is 12.1. The molecule has 1 N–H and O–H groups in total. The lowest BCUT2D eigenvalue weighted by molar-refractivity contribution is 0.560. The summed E-state index contributed by atoms with van der Waals surface area (Å²) in [6.45, 7) is 3.83. The topological polar surface area (TPSA) is 54.9 Å². The van der Waals surface area contributed by atoms with Crippen molar-refractivity contribution in [2.24, 2.45) is 0 Å². The molecule has 8 heteroatoms. The minimum Gasteiger partial charge on any atom is -0.297 e. The van der Waals surface area contributed by atoms with Crippen LogP contribution in [0.15, 0.2) is 40.5 Å². The molecule has 1 aromatic rings. The van der Waals surface area contributed by atoms with Gasteiger partial charge in [-0.3, -0.25) is 14.3 Å². The van der Waals surface area contributed by atoms with Crippen LogP contribution in [0.3, 0.4) is 0 Å². The van der Waals surface area contributed by atoms with Gasteiger partial charge in [-0.25, -0.2) is 4.79 Å². The second-order valence-corrected chi connectivity index (χ2v) is 8.87. The van der Waals surface area contributed by atoms with E-state index in [9.17, 15) is 9.59 Å². The molecule has 0 saturated heterocycles. The van der Waals surface area contributed by atoms with Gasteiger partial charge in [-0.15, -0.1) is 0 Å². The molecule has 3 heterocycles. The number of nitrogens with zero attached hydrogens (tertiary/aromatic N) is 1. The van der Waals surface area contributed by atoms with Crippen LogP contribution >= 0.6 is 47.0 Å². The average Bonchev–Trinajstić information content (AvgIpc) is 3.09. The van der Waals surface area contributed by atoms with Gasteiger partial charge < -0.3 is 0 Å². The lowest BCUT2D eigenvalue weighted by Crippen LogP contribution is -2.32. The van der Waals surface area contributed by atoms with Gasteiger partial charge in [-0.05, 0) is 30.1 Å². The first-order valence-electron chi connectivity index (χ1n) is 6.19. The van der Waals surface area contributed by atoms with Crippen molar-refractivity contribution in [1.82, 2.24) is 9.55 Å². The first-order valence-corrected chi connectivity index (χ1v) is 9.65. The van der Waals surface area contributed by atoms with Crippen LogP contribution in [-0.2, 0) is 0 Å². The van der Waals surface area contributed by atoms with Gasteiger partial charge in [-0.1, -0.05) is 47.0 Å². The third-order valence-corrected chi connectivity index (χ3v) is 7.89. The third-order valence-electron chi connectivity index (χ3n) is 2.84. The highest BCUT2D eigenvalue weighted by atomic mass is 32.2. The Morgan fingerprint density at radius 3 is 2.48 bits per heavy atom. The molecule has 2 aliphatic heterocycles. The molecule has 3 rings (SSSR count). The van der Waals surface area contributed by atoms with Crippen LogP contribution in [0.4, 0.5) is 0 Å². The van der Waals surface area contributed by atoms with E-state index in [1.54, 1.807) is 57.8 Å². The van der Waals surface area contributed by atoms with Crippen molar-refractivity contribution in [3.05, 3.63) is 57.3 Å². The molecule has 2 aliphatic rings. The maximum Gasteiger partial charge on any atom is 0.328 e. The van der Waals surface area contributed by atoms with Crippen molar-refractivity contribution in [2.45, 2.75) is 19.9 Å². The van der Waals surface area contributed by atoms with E-state index in [1.165, 1.54) is 8.47 Å². The Morgan fingerprint density at radius 1 is 1.10 bits per heavy atom. The predicted octanol–water partition coefficient (Wildman–Crippen LogP) is 3.97. The fourth-order valence-electron chi connectivity index (χ4n) is 1.81. The molecule has 0 atom stereocenters. The van der Waals surface area contributed by atoms with E-state index in [2.05, 4.69) is 15.8 Å². The van der Waals surface area contributed by atoms with Crippen LogP contribution in [-0.4, -0.2) is 9.55 Å². The highest BCUT2D eigenvalue weighted by Crippen LogP contribution is 2.55. The summed E-state index contributed by atoms with van der Waals surface area (Å²) in [7, 11) is 0. The smallest absolute Gasteiger partial charge is 0.297 e. The molecule has 0 bridgehead atoms. The van der Waals surface area contributed by atoms with Crippen molar-refractivity contribution >= 4 is 52.0 Å². The number of H-pyrrole nitrogens is 1. The highest BCUT2D eigenvalue weighted by Gasteiger charge is 2.22. The molecule has 0 aliphatic carbocycles. The maximum absolute atomic E-state index is 12.1. The Morgan fingerprint density at radius 2 is 1.81 bits per heavy atom. The molecule has 21 heavy (non-hydrogen) atoms. The van der Waals surface area contributed by atoms with Crippen molar-refractivity contribution in [3.8, 4) is 0 Å². The van der Waals surface area contributed by atoms with Gasteiger partial charge in [0, 0.05) is 17.1 Å². The molecule has 0 amide bonds. The standard InChI is InChI=1S/C13H12N2O2S4/c1-7(2)15-5-8(10(16)14-13(15)17)9-6-20-12(21-9)11-18-3-4-19-11/h3-7H,1-2H3,(H,14,16,17). The van der Waals surface area contributed by atoms with Crippen LogP contribution in [0, 0.1) is 0 Å². The fourth-order valence-corrected chi connectivity index (χ4v) is 6.29. The SMILES string of the molecule is CC(C)n1cc(C2=CSC(=C3SC=CS3)S2)c(=O)[nH]c1=O. The van der Waals surface area contributed by atoms with Gasteiger partial charge in [-0.2, -0.15) is 0 Å². The number of aromatic nitrogens is 2. The lowest BCUT2D eigenvalue weighted by atomic mass is 10.3. The summed E-state index contributed by atoms with van der Waals surface area (Å²) < 4.78 is 3.98. The van der Waals surface area contributed by atoms with Crippen molar-refractivity contribution in [2.75, 3.05) is 0 Å². The minimum atomic E-state index is -0.361. The largest absolute Gasteiger partial charge is 0.328 e. The molecular formula is C13H12N2O2S4. The minimum absolute atomic E-state index is 0.00993. The summed E-state index contributed by atoms with van der Waals surface area (Å²) in [5.41, 5.74) is -0.135. The molecule has 0 radical (unpaired) electrons. The number of rotatable bonds is 2. The van der Waals surface area contributed by atoms with E-state index < -0.39 is 0 Å². The summed E-state index contributed by atoms with van der Waals surface area (Å²) in [4.78, 5) is 27.1. The Bertz CT molecular complexity index is 776. The van der Waals surface area contributed by atoms with Crippen LogP contribution in [0.1, 0.15) is 25.5 Å². The first-order chi connectivity index (χ1) is 10.1. The Hall–Kier alpha value is -0.700. The Kier molecular flexibility index (Phi) is 4.49. The zero-order valence-corrected chi connectivity index (χ0v) is 14.5. The molecule has 0 saturated carbocycles. The van der Waals surface area contributed by atoms with E-state index in [4.69, 9.17) is 0 Å². The van der Waals surface area contributed by atoms with Crippen molar-refractivity contribution < 1.29 is 0 Å². The molecule has 0 unspecified atom stereocenters. The van der Waals surface area contributed by atoms with Gasteiger partial charge >= 0.3 is 5.69 Å². The van der Waals surface area contributed by atoms with E-state index in [-0.39, 0.29) is 17.3 Å². The van der Waals surface area contributed by atoms with E-state index in [0.717, 1.165) is 4.91 Å². The molecule has 1 aromatic heterocycles. The molecule has 4 nitrogen and oxygen atoms in total. The number of hydrogen-bond acceptors (Lipinski definition) is 6. The van der Waals surface area contributed by atoms with E-state index in [0.29, 0.717) is 5.56 Å². The van der Waals surface area contributed by atoms with Gasteiger partial charge in [0.25, 0.3) is 5.56 Å². The summed E-state index contributed by atoms with van der Waals surface area (Å²) in [5, 5.41) is 6.09. The second-order valence-electron chi connectivity index (χ2n) is 4.59. The highest BCUT2D eigenvalue weighted by molar-refractivity contribution is 8.35. The quantitative estimate of drug-likeness (QED) is 0.865. The second kappa shape index (κ2) is 6.20. The predicted molar refractivity (Wildman–Crippen MR) is 96.2 cm³/mol. The van der Waals surface area contributed by atoms with Gasteiger partial charge in [0.1, 0.15) is 0 Å². The molecule has 0 spiro atoms. The van der Waals surface area contributed by atoms with Crippen LogP contribution in [0.25, 0.3) is 4.91 Å². The normalized spacial score (nSPS) is 18.0. The average molecular weight is 357 g/mol. The van der Waals surface area contributed by atoms with Gasteiger partial charge in [0.05, 0.1) is 14.0 Å². The zero-order valence-electron chi connectivity index (χ0n) is 11.3. The number of thioether (sulfide) groups is 4. The van der Waals surface area contributed by atoms with Crippen molar-refractivity contribution in [1.29, 1.82) is 0 Å². The summed E-state index contributed by atoms with van der Waals surface area (Å²) in [5.74, 6) is 0. The van der Waals surface area contributed by atoms with Crippen LogP contribution < -0.4 is 11.2 Å². The number of nitrogens with one attached hydrogen (secondary N) is 1. The van der Waals surface area contributed by atoms with Gasteiger partial charge in [0.15, 0.2) is 0 Å². The molecular weight excluding hydrogens is 344 g/mol. The number of hydrogen-bond donors (Lipinski definition) is 1. The monoisotopic (exact) mass is 356 g/mol. The van der Waals surface area contributed by atoms with E-state index >= 15 is 0 Å². The van der Waals surface area contributed by atoms with Gasteiger partial charge in [0.2, 0.25) is 0 Å². The summed E-state index contributed by atoms with van der Waals surface area (Å²) >= 11 is 6.61. The fraction of sp³-hybridized carbons (Fsp3) is 0.231. The third kappa shape index (κ3) is 3.08.